The van der Waals surface area contributed by atoms with E-state index in [0.717, 1.165) is 0 Å². The summed E-state index contributed by atoms with van der Waals surface area (Å²) in [6.07, 6.45) is 22.1. The molecule has 0 fully saturated rings. The van der Waals surface area contributed by atoms with Crippen LogP contribution in [0, 0.1) is 0 Å². The van der Waals surface area contributed by atoms with Gasteiger partial charge in [0.25, 0.3) is 0 Å². The average molecular weight is 705 g/mol. The number of quaternary nitrogens is 2. The quantitative estimate of drug-likeness (QED) is 0.0901. The molecule has 0 heterocycles. The second-order valence-corrected chi connectivity index (χ2v) is 11.3. The van der Waals surface area contributed by atoms with Gasteiger partial charge in [0.2, 0.25) is 0 Å². The molecule has 0 rings (SSSR count). The van der Waals surface area contributed by atoms with Crippen molar-refractivity contribution >= 4 is 0 Å². The van der Waals surface area contributed by atoms with Crippen LogP contribution in [0.3, 0.4) is 0 Å². The molecule has 0 atom stereocenters. The van der Waals surface area contributed by atoms with Crippen LogP contribution < -0.4 is 0 Å². The monoisotopic (exact) mass is 704 g/mol. The maximum atomic E-state index is 2.33. The molecule has 11 heteroatoms. The first-order valence-electron chi connectivity index (χ1n) is 16.2. The molecule has 0 aliphatic carbocycles. The Morgan fingerprint density at radius 2 is 0.349 bits per heavy atom. The molecular weight excluding hydrogens is 628 g/mol. The number of hydrogen-bond donors (Lipinski definition) is 0. The van der Waals surface area contributed by atoms with Gasteiger partial charge in [-0.2, -0.15) is 0 Å². The summed E-state index contributed by atoms with van der Waals surface area (Å²) in [6.45, 7) is 30.0. The minimum Gasteiger partial charge on any atom is -2.00 e. The topological polar surface area (TPSA) is 206 Å². The van der Waals surface area contributed by atoms with Crippen molar-refractivity contribution in [3.63, 3.8) is 0 Å². The molecule has 4 N–H and O–H groups in total. The summed E-state index contributed by atoms with van der Waals surface area (Å²) in [5, 5.41) is 0. The molecule has 0 saturated carbocycles. The van der Waals surface area contributed by atoms with Gasteiger partial charge in [-0.15, -0.1) is 0 Å². The number of unbranched alkanes of at least 4 members (excludes halogenated alkanes) is 8. The SMILES string of the molecule is CCCC[N+](CCCC)(CCCC)CCCC.CCCC[N+](CCCC)(CCCC)CCCC.[Cr+4].[Cr+4].[O-2].[O-2].[O-2].[OH-].[OH-].[OH-].[OH-]. The van der Waals surface area contributed by atoms with Crippen molar-refractivity contribution in [2.75, 3.05) is 52.4 Å². The van der Waals surface area contributed by atoms with E-state index in [1.54, 1.807) is 0 Å². The van der Waals surface area contributed by atoms with Crippen molar-refractivity contribution in [1.29, 1.82) is 0 Å². The molecule has 0 bridgehead atoms. The minimum atomic E-state index is 0. The van der Waals surface area contributed by atoms with Gasteiger partial charge in [-0.1, -0.05) is 107 Å². The van der Waals surface area contributed by atoms with Gasteiger partial charge in [-0.05, 0) is 51.4 Å². The zero-order valence-corrected chi connectivity index (χ0v) is 32.2. The Labute approximate surface area is 291 Å². The molecular formula is C32H76Cr2N2O7. The van der Waals surface area contributed by atoms with Crippen LogP contribution in [0.1, 0.15) is 158 Å². The van der Waals surface area contributed by atoms with Crippen LogP contribution in [0.2, 0.25) is 0 Å². The molecule has 0 aliphatic rings. The van der Waals surface area contributed by atoms with Gasteiger partial charge < -0.3 is 47.3 Å². The van der Waals surface area contributed by atoms with E-state index in [-0.39, 0.29) is 73.1 Å². The summed E-state index contributed by atoms with van der Waals surface area (Å²) in [6, 6.07) is 0. The summed E-state index contributed by atoms with van der Waals surface area (Å²) in [4.78, 5) is 0. The van der Waals surface area contributed by atoms with E-state index in [2.05, 4.69) is 55.4 Å². The van der Waals surface area contributed by atoms with Crippen LogP contribution in [0.5, 0.6) is 0 Å². The molecule has 0 aromatic carbocycles. The predicted molar refractivity (Wildman–Crippen MR) is 169 cm³/mol. The molecule has 0 unspecified atom stereocenters. The molecule has 9 nitrogen and oxygen atoms in total. The first kappa shape index (κ1) is 74.5. The van der Waals surface area contributed by atoms with Crippen molar-refractivity contribution in [3.05, 3.63) is 0 Å². The first-order valence-corrected chi connectivity index (χ1v) is 16.2. The second-order valence-electron chi connectivity index (χ2n) is 11.3. The van der Waals surface area contributed by atoms with E-state index < -0.39 is 0 Å². The van der Waals surface area contributed by atoms with Gasteiger partial charge in [0.05, 0.1) is 52.4 Å². The third-order valence-corrected chi connectivity index (χ3v) is 7.89. The molecule has 0 aromatic rings. The molecule has 268 valence electrons. The zero-order valence-electron chi connectivity index (χ0n) is 29.7. The maximum Gasteiger partial charge on any atom is 4.00 e. The summed E-state index contributed by atoms with van der Waals surface area (Å²) >= 11 is 0. The molecule has 0 amide bonds. The molecule has 0 radical (unpaired) electrons. The van der Waals surface area contributed by atoms with E-state index in [1.807, 2.05) is 0 Å². The largest absolute Gasteiger partial charge is 4.00 e. The summed E-state index contributed by atoms with van der Waals surface area (Å²) < 4.78 is 2.84. The Morgan fingerprint density at radius 1 is 0.256 bits per heavy atom. The molecule has 0 saturated heterocycles. The van der Waals surface area contributed by atoms with Crippen LogP contribution in [0.15, 0.2) is 0 Å². The third kappa shape index (κ3) is 42.7. The Bertz CT molecular complexity index is 307. The normalized spacial score (nSPS) is 9.49. The summed E-state index contributed by atoms with van der Waals surface area (Å²) in [5.41, 5.74) is 0. The first-order chi connectivity index (χ1) is 16.5. The Kier molecular flexibility index (Phi) is 95.5. The van der Waals surface area contributed by atoms with E-state index in [0.29, 0.717) is 0 Å². The van der Waals surface area contributed by atoms with Gasteiger partial charge in [0, 0.05) is 0 Å². The number of hydrogen-bond acceptors (Lipinski definition) is 4. The molecule has 0 aromatic heterocycles. The fourth-order valence-electron chi connectivity index (χ4n) is 5.29. The Hall–Kier alpha value is 0.705. The van der Waals surface area contributed by atoms with Crippen LogP contribution in [0.25, 0.3) is 0 Å². The van der Waals surface area contributed by atoms with Crippen molar-refractivity contribution in [2.24, 2.45) is 0 Å². The number of rotatable bonds is 24. The Morgan fingerprint density at radius 3 is 0.419 bits per heavy atom. The molecule has 43 heavy (non-hydrogen) atoms. The fourth-order valence-corrected chi connectivity index (χ4v) is 5.29. The molecule has 0 aliphatic heterocycles. The van der Waals surface area contributed by atoms with Crippen LogP contribution in [0.4, 0.5) is 0 Å². The van der Waals surface area contributed by atoms with Gasteiger partial charge in [-0.3, -0.25) is 0 Å². The zero-order chi connectivity index (χ0) is 26.0. The maximum absolute atomic E-state index is 2.33. The summed E-state index contributed by atoms with van der Waals surface area (Å²) in [7, 11) is 0. The van der Waals surface area contributed by atoms with Gasteiger partial charge in [0.15, 0.2) is 0 Å². The van der Waals surface area contributed by atoms with Crippen molar-refractivity contribution in [1.82, 2.24) is 0 Å². The standard InChI is InChI=1S/2C16H36N.2Cr.4H2O.3O/c2*1-5-9-13-17(14-10-6-2,15-11-7-3)16-12-8-4;;;;;;;;;/h2*5-16H2,1-4H3;;;4*1H2;;;/q2*+1;2*+4;;;;;3*-2/p-4. The van der Waals surface area contributed by atoms with E-state index in [9.17, 15) is 0 Å². The van der Waals surface area contributed by atoms with Crippen LogP contribution in [-0.2, 0) is 51.2 Å². The van der Waals surface area contributed by atoms with Crippen molar-refractivity contribution in [2.45, 2.75) is 158 Å². The van der Waals surface area contributed by atoms with Gasteiger partial charge >= 0.3 is 34.7 Å². The third-order valence-electron chi connectivity index (χ3n) is 7.89. The van der Waals surface area contributed by atoms with E-state index >= 15 is 0 Å². The summed E-state index contributed by atoms with van der Waals surface area (Å²) in [5.74, 6) is 0. The van der Waals surface area contributed by atoms with Gasteiger partial charge in [-0.25, -0.2) is 0 Å². The van der Waals surface area contributed by atoms with Gasteiger partial charge in [0.1, 0.15) is 0 Å². The van der Waals surface area contributed by atoms with E-state index in [4.69, 9.17) is 0 Å². The average Bonchev–Trinajstić information content (AvgIpc) is 2.87. The van der Waals surface area contributed by atoms with Crippen LogP contribution in [-0.4, -0.2) is 83.2 Å². The predicted octanol–water partition coefficient (Wildman–Crippen LogP) is 8.94. The van der Waals surface area contributed by atoms with Crippen molar-refractivity contribution < 1.29 is 82.0 Å². The fraction of sp³-hybridized carbons (Fsp3) is 1.00. The minimum absolute atomic E-state index is 0. The van der Waals surface area contributed by atoms with Crippen molar-refractivity contribution in [3.8, 4) is 0 Å². The smallest absolute Gasteiger partial charge is 2.00 e. The van der Waals surface area contributed by atoms with Crippen LogP contribution >= 0.6 is 0 Å². The number of nitrogens with zero attached hydrogens (tertiary/aromatic N) is 2. The Balaban J connectivity index is -0.0000000438. The second kappa shape index (κ2) is 55.1. The van der Waals surface area contributed by atoms with E-state index in [1.165, 1.54) is 164 Å². The molecule has 0 spiro atoms.